The van der Waals surface area contributed by atoms with Crippen molar-refractivity contribution in [3.05, 3.63) is 59.9 Å². The quantitative estimate of drug-likeness (QED) is 0.703. The SMILES string of the molecule is Cc1ccc(S(=O)(=O)N2CCN(C(=O)CCC(=O)NC(C)c3ccncc3)CC2)cc1. The molecule has 3 rings (SSSR count). The molecule has 1 aliphatic rings. The molecule has 2 aromatic rings. The van der Waals surface area contributed by atoms with E-state index in [1.54, 1.807) is 41.6 Å². The molecule has 166 valence electrons. The minimum Gasteiger partial charge on any atom is -0.350 e. The van der Waals surface area contributed by atoms with Crippen molar-refractivity contribution < 1.29 is 18.0 Å². The van der Waals surface area contributed by atoms with E-state index in [0.717, 1.165) is 11.1 Å². The van der Waals surface area contributed by atoms with Gasteiger partial charge in [0.1, 0.15) is 0 Å². The van der Waals surface area contributed by atoms with Crippen LogP contribution in [-0.4, -0.2) is 60.6 Å². The fourth-order valence-electron chi connectivity index (χ4n) is 3.46. The van der Waals surface area contributed by atoms with Crippen molar-refractivity contribution in [1.82, 2.24) is 19.5 Å². The fraction of sp³-hybridized carbons (Fsp3) is 0.409. The first-order valence-electron chi connectivity index (χ1n) is 10.3. The van der Waals surface area contributed by atoms with Crippen molar-refractivity contribution in [2.75, 3.05) is 26.2 Å². The van der Waals surface area contributed by atoms with Crippen molar-refractivity contribution in [1.29, 1.82) is 0 Å². The average molecular weight is 445 g/mol. The Morgan fingerprint density at radius 1 is 1.00 bits per heavy atom. The Morgan fingerprint density at radius 3 is 2.23 bits per heavy atom. The molecule has 1 aromatic heterocycles. The summed E-state index contributed by atoms with van der Waals surface area (Å²) in [5.41, 5.74) is 1.94. The van der Waals surface area contributed by atoms with Crippen molar-refractivity contribution >= 4 is 21.8 Å². The smallest absolute Gasteiger partial charge is 0.243 e. The van der Waals surface area contributed by atoms with Crippen LogP contribution in [0.2, 0.25) is 0 Å². The zero-order valence-electron chi connectivity index (χ0n) is 17.8. The number of carbonyl (C=O) groups excluding carboxylic acids is 2. The zero-order chi connectivity index (χ0) is 22.4. The molecule has 1 atom stereocenters. The maximum Gasteiger partial charge on any atom is 0.243 e. The predicted molar refractivity (Wildman–Crippen MR) is 117 cm³/mol. The predicted octanol–water partition coefficient (Wildman–Crippen LogP) is 1.88. The van der Waals surface area contributed by atoms with Gasteiger partial charge in [-0.3, -0.25) is 14.6 Å². The number of nitrogens with one attached hydrogen (secondary N) is 1. The number of piperazine rings is 1. The third-order valence-corrected chi connectivity index (χ3v) is 7.31. The second-order valence-electron chi connectivity index (χ2n) is 7.67. The van der Waals surface area contributed by atoms with Gasteiger partial charge in [-0.2, -0.15) is 4.31 Å². The molecular weight excluding hydrogens is 416 g/mol. The molecular formula is C22H28N4O4S. The molecule has 0 saturated carbocycles. The second-order valence-corrected chi connectivity index (χ2v) is 9.61. The van der Waals surface area contributed by atoms with Gasteiger partial charge in [-0.25, -0.2) is 8.42 Å². The molecule has 0 bridgehead atoms. The lowest BCUT2D eigenvalue weighted by Crippen LogP contribution is -2.50. The first kappa shape index (κ1) is 22.9. The Labute approximate surface area is 183 Å². The van der Waals surface area contributed by atoms with E-state index in [4.69, 9.17) is 0 Å². The van der Waals surface area contributed by atoms with E-state index in [9.17, 15) is 18.0 Å². The first-order valence-corrected chi connectivity index (χ1v) is 11.8. The second kappa shape index (κ2) is 10.0. The van der Waals surface area contributed by atoms with Crippen LogP contribution in [0.4, 0.5) is 0 Å². The van der Waals surface area contributed by atoms with Crippen LogP contribution in [0.5, 0.6) is 0 Å². The van der Waals surface area contributed by atoms with Crippen molar-refractivity contribution in [3.63, 3.8) is 0 Å². The van der Waals surface area contributed by atoms with E-state index < -0.39 is 10.0 Å². The van der Waals surface area contributed by atoms with E-state index in [2.05, 4.69) is 10.3 Å². The van der Waals surface area contributed by atoms with Crippen LogP contribution in [0.15, 0.2) is 53.7 Å². The molecule has 1 fully saturated rings. The Kier molecular flexibility index (Phi) is 7.40. The van der Waals surface area contributed by atoms with Gasteiger partial charge in [0, 0.05) is 51.4 Å². The highest BCUT2D eigenvalue weighted by molar-refractivity contribution is 7.89. The highest BCUT2D eigenvalue weighted by Crippen LogP contribution is 2.18. The lowest BCUT2D eigenvalue weighted by atomic mass is 10.1. The van der Waals surface area contributed by atoms with Crippen LogP contribution in [0, 0.1) is 6.92 Å². The maximum absolute atomic E-state index is 12.8. The van der Waals surface area contributed by atoms with E-state index in [1.807, 2.05) is 26.0 Å². The molecule has 1 unspecified atom stereocenters. The molecule has 8 nitrogen and oxygen atoms in total. The summed E-state index contributed by atoms with van der Waals surface area (Å²) < 4.78 is 27.0. The zero-order valence-corrected chi connectivity index (χ0v) is 18.6. The molecule has 2 heterocycles. The Bertz CT molecular complexity index is 1000. The lowest BCUT2D eigenvalue weighted by Gasteiger charge is -2.34. The highest BCUT2D eigenvalue weighted by Gasteiger charge is 2.30. The number of nitrogens with zero attached hydrogens (tertiary/aromatic N) is 3. The van der Waals surface area contributed by atoms with Gasteiger partial charge >= 0.3 is 0 Å². The number of rotatable bonds is 7. The number of aromatic nitrogens is 1. The molecule has 1 aromatic carbocycles. The number of benzene rings is 1. The van der Waals surface area contributed by atoms with Crippen molar-refractivity contribution in [2.45, 2.75) is 37.6 Å². The van der Waals surface area contributed by atoms with E-state index >= 15 is 0 Å². The molecule has 1 saturated heterocycles. The van der Waals surface area contributed by atoms with Gasteiger partial charge in [0.05, 0.1) is 10.9 Å². The van der Waals surface area contributed by atoms with Crippen LogP contribution >= 0.6 is 0 Å². The third kappa shape index (κ3) is 5.89. The van der Waals surface area contributed by atoms with Crippen molar-refractivity contribution in [2.24, 2.45) is 0 Å². The number of hydrogen-bond acceptors (Lipinski definition) is 5. The lowest BCUT2D eigenvalue weighted by molar-refractivity contribution is -0.134. The minimum atomic E-state index is -3.57. The van der Waals surface area contributed by atoms with E-state index in [-0.39, 0.29) is 48.7 Å². The molecule has 0 spiro atoms. The summed E-state index contributed by atoms with van der Waals surface area (Å²) in [4.78, 5) is 30.5. The van der Waals surface area contributed by atoms with Crippen LogP contribution in [-0.2, 0) is 19.6 Å². The topological polar surface area (TPSA) is 99.7 Å². The molecule has 1 N–H and O–H groups in total. The van der Waals surface area contributed by atoms with Gasteiger partial charge in [-0.1, -0.05) is 17.7 Å². The standard InChI is InChI=1S/C22H28N4O4S/c1-17-3-5-20(6-4-17)31(29,30)26-15-13-25(14-16-26)22(28)8-7-21(27)24-18(2)19-9-11-23-12-10-19/h3-6,9-12,18H,7-8,13-16H2,1-2H3,(H,24,27). The van der Waals surface area contributed by atoms with Crippen LogP contribution in [0.25, 0.3) is 0 Å². The Balaban J connectivity index is 1.45. The summed E-state index contributed by atoms with van der Waals surface area (Å²) in [6.45, 7) is 4.90. The van der Waals surface area contributed by atoms with Crippen LogP contribution < -0.4 is 5.32 Å². The summed E-state index contributed by atoms with van der Waals surface area (Å²) >= 11 is 0. The largest absolute Gasteiger partial charge is 0.350 e. The minimum absolute atomic E-state index is 0.0934. The van der Waals surface area contributed by atoms with Gasteiger partial charge in [-0.15, -0.1) is 0 Å². The van der Waals surface area contributed by atoms with Crippen LogP contribution in [0.3, 0.4) is 0 Å². The van der Waals surface area contributed by atoms with Gasteiger partial charge in [0.2, 0.25) is 21.8 Å². The highest BCUT2D eigenvalue weighted by atomic mass is 32.2. The van der Waals surface area contributed by atoms with Crippen molar-refractivity contribution in [3.8, 4) is 0 Å². The molecule has 31 heavy (non-hydrogen) atoms. The number of carbonyl (C=O) groups is 2. The number of aryl methyl sites for hydroxylation is 1. The molecule has 2 amide bonds. The normalized spacial score (nSPS) is 16.0. The van der Waals surface area contributed by atoms with E-state index in [1.165, 1.54) is 4.31 Å². The summed E-state index contributed by atoms with van der Waals surface area (Å²) in [6, 6.07) is 10.3. The van der Waals surface area contributed by atoms with Gasteiger partial charge in [0.15, 0.2) is 0 Å². The Hall–Kier alpha value is -2.78. The maximum atomic E-state index is 12.8. The molecule has 1 aliphatic heterocycles. The number of amides is 2. The van der Waals surface area contributed by atoms with Crippen LogP contribution in [0.1, 0.15) is 36.9 Å². The molecule has 0 aliphatic carbocycles. The summed E-state index contributed by atoms with van der Waals surface area (Å²) in [5.74, 6) is -0.336. The van der Waals surface area contributed by atoms with Gasteiger partial charge in [-0.05, 0) is 43.7 Å². The first-order chi connectivity index (χ1) is 14.8. The number of hydrogen-bond donors (Lipinski definition) is 1. The van der Waals surface area contributed by atoms with Gasteiger partial charge < -0.3 is 10.2 Å². The summed E-state index contributed by atoms with van der Waals surface area (Å²) in [7, 11) is -3.57. The number of pyridine rings is 1. The fourth-order valence-corrected chi connectivity index (χ4v) is 4.89. The van der Waals surface area contributed by atoms with Gasteiger partial charge in [0.25, 0.3) is 0 Å². The summed E-state index contributed by atoms with van der Waals surface area (Å²) in [5, 5.41) is 2.88. The third-order valence-electron chi connectivity index (χ3n) is 5.40. The Morgan fingerprint density at radius 2 is 1.61 bits per heavy atom. The number of sulfonamides is 1. The summed E-state index contributed by atoms with van der Waals surface area (Å²) in [6.07, 6.45) is 3.52. The average Bonchev–Trinajstić information content (AvgIpc) is 2.78. The molecule has 0 radical (unpaired) electrons. The van der Waals surface area contributed by atoms with E-state index in [0.29, 0.717) is 13.1 Å². The molecule has 9 heteroatoms. The monoisotopic (exact) mass is 444 g/mol.